The van der Waals surface area contributed by atoms with Gasteiger partial charge in [-0.15, -0.1) is 11.8 Å². The van der Waals surface area contributed by atoms with Crippen molar-refractivity contribution < 1.29 is 14.3 Å². The lowest BCUT2D eigenvalue weighted by Crippen LogP contribution is -2.44. The van der Waals surface area contributed by atoms with Crippen LogP contribution in [0.2, 0.25) is 5.02 Å². The number of benzene rings is 2. The predicted molar refractivity (Wildman–Crippen MR) is 95.1 cm³/mol. The molecule has 0 heterocycles. The van der Waals surface area contributed by atoms with E-state index < -0.39 is 5.91 Å². The first-order valence-corrected chi connectivity index (χ1v) is 8.55. The fourth-order valence-electron chi connectivity index (χ4n) is 1.70. The smallest absolute Gasteiger partial charge is 0.276 e. The van der Waals surface area contributed by atoms with Crippen LogP contribution in [0.15, 0.2) is 53.4 Å². The number of ether oxygens (including phenoxy) is 1. The average molecular weight is 365 g/mol. The maximum Gasteiger partial charge on any atom is 0.276 e. The summed E-state index contributed by atoms with van der Waals surface area (Å²) in [6.07, 6.45) is 0. The summed E-state index contributed by atoms with van der Waals surface area (Å²) in [5.41, 5.74) is 5.80. The molecule has 2 aromatic rings. The topological polar surface area (TPSA) is 67.4 Å². The van der Waals surface area contributed by atoms with Crippen LogP contribution in [0, 0.1) is 6.92 Å². The van der Waals surface area contributed by atoms with Crippen molar-refractivity contribution in [3.63, 3.8) is 0 Å². The first-order valence-electron chi connectivity index (χ1n) is 7.19. The van der Waals surface area contributed by atoms with Crippen LogP contribution in [-0.4, -0.2) is 24.2 Å². The highest BCUT2D eigenvalue weighted by Gasteiger charge is 2.07. The molecule has 0 unspecified atom stereocenters. The molecule has 0 spiro atoms. The van der Waals surface area contributed by atoms with Crippen molar-refractivity contribution in [3.05, 3.63) is 59.1 Å². The van der Waals surface area contributed by atoms with E-state index in [9.17, 15) is 9.59 Å². The van der Waals surface area contributed by atoms with Crippen LogP contribution in [0.1, 0.15) is 5.56 Å². The lowest BCUT2D eigenvalue weighted by molar-refractivity contribution is -0.128. The van der Waals surface area contributed by atoms with Crippen LogP contribution in [0.25, 0.3) is 0 Å². The Balaban J connectivity index is 1.66. The van der Waals surface area contributed by atoms with Gasteiger partial charge in [-0.1, -0.05) is 41.4 Å². The van der Waals surface area contributed by atoms with Crippen LogP contribution < -0.4 is 15.6 Å². The minimum absolute atomic E-state index is 0.203. The Morgan fingerprint density at radius 3 is 2.42 bits per heavy atom. The number of nitrogens with one attached hydrogen (secondary N) is 2. The molecular weight excluding hydrogens is 348 g/mol. The highest BCUT2D eigenvalue weighted by atomic mass is 35.5. The number of aryl methyl sites for hydroxylation is 1. The molecule has 24 heavy (non-hydrogen) atoms. The van der Waals surface area contributed by atoms with Gasteiger partial charge >= 0.3 is 0 Å². The number of amides is 2. The molecule has 0 radical (unpaired) electrons. The highest BCUT2D eigenvalue weighted by molar-refractivity contribution is 8.00. The first kappa shape index (κ1) is 18.2. The van der Waals surface area contributed by atoms with E-state index in [0.717, 1.165) is 10.5 Å². The fraction of sp³-hybridized carbons (Fsp3) is 0.176. The molecule has 0 aliphatic heterocycles. The van der Waals surface area contributed by atoms with Crippen molar-refractivity contribution in [2.24, 2.45) is 0 Å². The predicted octanol–water partition coefficient (Wildman–Crippen LogP) is 2.97. The molecule has 0 aliphatic carbocycles. The maximum atomic E-state index is 11.7. The summed E-state index contributed by atoms with van der Waals surface area (Å²) in [5, 5.41) is 0.420. The number of rotatable bonds is 6. The number of hydrogen-bond donors (Lipinski definition) is 2. The summed E-state index contributed by atoms with van der Waals surface area (Å²) < 4.78 is 5.27. The summed E-state index contributed by atoms with van der Waals surface area (Å²) in [7, 11) is 0. The van der Waals surface area contributed by atoms with Crippen molar-refractivity contribution in [2.45, 2.75) is 11.8 Å². The molecule has 0 aliphatic rings. The van der Waals surface area contributed by atoms with E-state index >= 15 is 0 Å². The van der Waals surface area contributed by atoms with E-state index in [1.807, 2.05) is 31.2 Å². The minimum atomic E-state index is -0.469. The van der Waals surface area contributed by atoms with E-state index in [4.69, 9.17) is 16.3 Å². The van der Waals surface area contributed by atoms with Crippen molar-refractivity contribution >= 4 is 35.2 Å². The highest BCUT2D eigenvalue weighted by Crippen LogP contribution is 2.22. The number of carbonyl (C=O) groups is 2. The number of thioether (sulfide) groups is 1. The fourth-order valence-corrected chi connectivity index (χ4v) is 2.59. The van der Waals surface area contributed by atoms with Gasteiger partial charge in [-0.2, -0.15) is 0 Å². The largest absolute Gasteiger partial charge is 0.482 e. The molecule has 0 fully saturated rings. The first-order chi connectivity index (χ1) is 11.5. The van der Waals surface area contributed by atoms with Crippen molar-refractivity contribution in [2.75, 3.05) is 12.4 Å². The Bertz CT molecular complexity index is 707. The van der Waals surface area contributed by atoms with Crippen LogP contribution in [0.5, 0.6) is 5.75 Å². The van der Waals surface area contributed by atoms with Gasteiger partial charge < -0.3 is 4.74 Å². The zero-order valence-corrected chi connectivity index (χ0v) is 14.6. The summed E-state index contributed by atoms with van der Waals surface area (Å²) in [5.74, 6) is -0.153. The van der Waals surface area contributed by atoms with E-state index in [1.54, 1.807) is 24.3 Å². The molecule has 0 atom stereocenters. The zero-order chi connectivity index (χ0) is 17.4. The molecule has 2 aromatic carbocycles. The Morgan fingerprint density at radius 1 is 1.04 bits per heavy atom. The number of para-hydroxylation sites is 1. The van der Waals surface area contributed by atoms with Gasteiger partial charge in [-0.3, -0.25) is 20.4 Å². The number of hydrazine groups is 1. The molecule has 0 saturated heterocycles. The zero-order valence-electron chi connectivity index (χ0n) is 13.0. The van der Waals surface area contributed by atoms with Crippen LogP contribution >= 0.6 is 23.4 Å². The SMILES string of the molecule is Cc1ccc(SCC(=O)NNC(=O)COc2ccccc2Cl)cc1. The summed E-state index contributed by atoms with van der Waals surface area (Å²) in [6.45, 7) is 1.76. The third kappa shape index (κ3) is 6.14. The lowest BCUT2D eigenvalue weighted by atomic mass is 10.2. The molecule has 0 bridgehead atoms. The molecule has 0 aromatic heterocycles. The monoisotopic (exact) mass is 364 g/mol. The summed E-state index contributed by atoms with van der Waals surface area (Å²) in [6, 6.07) is 14.7. The van der Waals surface area contributed by atoms with Gasteiger partial charge in [0.05, 0.1) is 10.8 Å². The molecule has 0 saturated carbocycles. The van der Waals surface area contributed by atoms with E-state index in [1.165, 1.54) is 11.8 Å². The van der Waals surface area contributed by atoms with E-state index in [-0.39, 0.29) is 18.3 Å². The van der Waals surface area contributed by atoms with E-state index in [2.05, 4.69) is 10.9 Å². The van der Waals surface area contributed by atoms with Gasteiger partial charge in [-0.25, -0.2) is 0 Å². The summed E-state index contributed by atoms with van der Waals surface area (Å²) in [4.78, 5) is 24.3. The lowest BCUT2D eigenvalue weighted by Gasteiger charge is -2.09. The third-order valence-electron chi connectivity index (χ3n) is 2.93. The van der Waals surface area contributed by atoms with Gasteiger partial charge in [0.2, 0.25) is 5.91 Å². The average Bonchev–Trinajstić information content (AvgIpc) is 2.58. The molecule has 2 N–H and O–H groups in total. The molecule has 126 valence electrons. The second-order valence-electron chi connectivity index (χ2n) is 4.92. The van der Waals surface area contributed by atoms with Crippen LogP contribution in [-0.2, 0) is 9.59 Å². The van der Waals surface area contributed by atoms with Crippen LogP contribution in [0.4, 0.5) is 0 Å². The van der Waals surface area contributed by atoms with Gasteiger partial charge in [0.1, 0.15) is 5.75 Å². The Kier molecular flexibility index (Phi) is 6.96. The van der Waals surface area contributed by atoms with Crippen molar-refractivity contribution in [1.29, 1.82) is 0 Å². The second-order valence-corrected chi connectivity index (χ2v) is 6.37. The van der Waals surface area contributed by atoms with Gasteiger partial charge in [0.15, 0.2) is 6.61 Å². The summed E-state index contributed by atoms with van der Waals surface area (Å²) >= 11 is 7.30. The minimum Gasteiger partial charge on any atom is -0.482 e. The number of carbonyl (C=O) groups excluding carboxylic acids is 2. The quantitative estimate of drug-likeness (QED) is 0.611. The van der Waals surface area contributed by atoms with Crippen molar-refractivity contribution in [1.82, 2.24) is 10.9 Å². The van der Waals surface area contributed by atoms with Crippen molar-refractivity contribution in [3.8, 4) is 5.75 Å². The Labute approximate surface area is 149 Å². The van der Waals surface area contributed by atoms with E-state index in [0.29, 0.717) is 10.8 Å². The van der Waals surface area contributed by atoms with Gasteiger partial charge in [0, 0.05) is 4.90 Å². The Morgan fingerprint density at radius 2 is 1.71 bits per heavy atom. The normalized spacial score (nSPS) is 10.1. The number of halogens is 1. The standard InChI is InChI=1S/C17H17ClN2O3S/c1-12-6-8-13(9-7-12)24-11-17(22)20-19-16(21)10-23-15-5-3-2-4-14(15)18/h2-9H,10-11H2,1H3,(H,19,21)(H,20,22). The third-order valence-corrected chi connectivity index (χ3v) is 4.25. The maximum absolute atomic E-state index is 11.7. The molecular formula is C17H17ClN2O3S. The molecule has 2 rings (SSSR count). The Hall–Kier alpha value is -2.18. The molecule has 2 amide bonds. The van der Waals surface area contributed by atoms with Gasteiger partial charge in [0.25, 0.3) is 5.91 Å². The number of hydrogen-bond acceptors (Lipinski definition) is 4. The second kappa shape index (κ2) is 9.20. The molecule has 7 heteroatoms. The van der Waals surface area contributed by atoms with Gasteiger partial charge in [-0.05, 0) is 31.2 Å². The molecule has 5 nitrogen and oxygen atoms in total. The van der Waals surface area contributed by atoms with Crippen LogP contribution in [0.3, 0.4) is 0 Å².